The molecule has 36 heavy (non-hydrogen) atoms. The van der Waals surface area contributed by atoms with Gasteiger partial charge < -0.3 is 19.3 Å². The summed E-state index contributed by atoms with van der Waals surface area (Å²) in [7, 11) is 3.06. The zero-order valence-corrected chi connectivity index (χ0v) is 20.3. The zero-order valence-electron chi connectivity index (χ0n) is 20.3. The smallest absolute Gasteiger partial charge is 0.308 e. The molecule has 8 heteroatoms. The van der Waals surface area contributed by atoms with Gasteiger partial charge in [-0.3, -0.25) is 19.3 Å². The Bertz CT molecular complexity index is 1370. The van der Waals surface area contributed by atoms with E-state index in [0.717, 1.165) is 0 Å². The predicted molar refractivity (Wildman–Crippen MR) is 133 cm³/mol. The van der Waals surface area contributed by atoms with Crippen LogP contribution in [0.25, 0.3) is 5.76 Å². The number of anilines is 1. The van der Waals surface area contributed by atoms with Gasteiger partial charge in [0, 0.05) is 18.2 Å². The first-order chi connectivity index (χ1) is 17.2. The van der Waals surface area contributed by atoms with Crippen molar-refractivity contribution in [2.45, 2.75) is 19.9 Å². The van der Waals surface area contributed by atoms with Gasteiger partial charge in [0.25, 0.3) is 11.7 Å². The lowest BCUT2D eigenvalue weighted by Gasteiger charge is -2.26. The number of hydrogen-bond donors (Lipinski definition) is 1. The molecule has 0 saturated carbocycles. The zero-order chi connectivity index (χ0) is 26.0. The number of methoxy groups -OCH3 is 2. The van der Waals surface area contributed by atoms with E-state index in [1.54, 1.807) is 73.7 Å². The van der Waals surface area contributed by atoms with Gasteiger partial charge in [0.1, 0.15) is 23.0 Å². The number of amides is 1. The van der Waals surface area contributed by atoms with Crippen molar-refractivity contribution in [1.29, 1.82) is 0 Å². The number of aryl methyl sites for hydroxylation is 1. The minimum absolute atomic E-state index is 0.0796. The second kappa shape index (κ2) is 9.95. The number of benzene rings is 3. The average molecular weight is 488 g/mol. The van der Waals surface area contributed by atoms with Crippen molar-refractivity contribution >= 4 is 29.1 Å². The largest absolute Gasteiger partial charge is 0.507 e. The third kappa shape index (κ3) is 4.53. The van der Waals surface area contributed by atoms with Crippen LogP contribution < -0.4 is 19.1 Å². The molecule has 0 aromatic heterocycles. The Labute approximate surface area is 208 Å². The molecule has 4 rings (SSSR count). The Kier molecular flexibility index (Phi) is 6.78. The molecule has 1 aliphatic rings. The molecule has 3 aromatic carbocycles. The van der Waals surface area contributed by atoms with E-state index < -0.39 is 23.7 Å². The van der Waals surface area contributed by atoms with E-state index in [0.29, 0.717) is 33.9 Å². The normalized spacial score (nSPS) is 16.7. The molecular formula is C28H25NO7. The summed E-state index contributed by atoms with van der Waals surface area (Å²) in [5, 5.41) is 11.4. The molecule has 0 radical (unpaired) electrons. The quantitative estimate of drug-likeness (QED) is 0.179. The predicted octanol–water partition coefficient (Wildman–Crippen LogP) is 4.56. The number of esters is 1. The van der Waals surface area contributed by atoms with Crippen molar-refractivity contribution in [2.24, 2.45) is 0 Å². The monoisotopic (exact) mass is 487 g/mol. The number of aliphatic hydroxyl groups excluding tert-OH is 1. The number of Topliss-reactive ketones (excluding diaryl/α,β-unsaturated/α-hetero) is 1. The first-order valence-corrected chi connectivity index (χ1v) is 11.1. The van der Waals surface area contributed by atoms with E-state index in [1.807, 2.05) is 0 Å². The van der Waals surface area contributed by atoms with Gasteiger partial charge in [0.05, 0.1) is 25.8 Å². The van der Waals surface area contributed by atoms with E-state index in [-0.39, 0.29) is 17.1 Å². The highest BCUT2D eigenvalue weighted by atomic mass is 16.5. The van der Waals surface area contributed by atoms with Crippen LogP contribution in [0.1, 0.15) is 29.7 Å². The molecule has 0 bridgehead atoms. The van der Waals surface area contributed by atoms with E-state index in [4.69, 9.17) is 14.2 Å². The van der Waals surface area contributed by atoms with Crippen LogP contribution in [0, 0.1) is 6.92 Å². The number of rotatable bonds is 6. The van der Waals surface area contributed by atoms with Gasteiger partial charge in [-0.2, -0.15) is 0 Å². The Morgan fingerprint density at radius 2 is 1.56 bits per heavy atom. The summed E-state index contributed by atoms with van der Waals surface area (Å²) in [6, 6.07) is 17.2. The summed E-state index contributed by atoms with van der Waals surface area (Å²) >= 11 is 0. The highest BCUT2D eigenvalue weighted by molar-refractivity contribution is 6.51. The second-order valence-corrected chi connectivity index (χ2v) is 8.21. The van der Waals surface area contributed by atoms with Crippen LogP contribution in [0.3, 0.4) is 0 Å². The minimum atomic E-state index is -0.976. The van der Waals surface area contributed by atoms with Crippen LogP contribution in [0.5, 0.6) is 17.2 Å². The number of ketones is 1. The second-order valence-electron chi connectivity index (χ2n) is 8.21. The first kappa shape index (κ1) is 24.5. The molecule has 1 aliphatic heterocycles. The third-order valence-electron chi connectivity index (χ3n) is 5.92. The van der Waals surface area contributed by atoms with Crippen LogP contribution in [-0.4, -0.2) is 37.0 Å². The van der Waals surface area contributed by atoms with Gasteiger partial charge >= 0.3 is 5.97 Å². The highest BCUT2D eigenvalue weighted by Crippen LogP contribution is 2.43. The highest BCUT2D eigenvalue weighted by Gasteiger charge is 2.47. The topological polar surface area (TPSA) is 102 Å². The maximum atomic E-state index is 13.4. The maximum Gasteiger partial charge on any atom is 0.308 e. The van der Waals surface area contributed by atoms with Crippen molar-refractivity contribution in [3.8, 4) is 17.2 Å². The van der Waals surface area contributed by atoms with Gasteiger partial charge in [-0.15, -0.1) is 0 Å². The molecule has 1 fully saturated rings. The molecule has 0 aliphatic carbocycles. The molecule has 1 saturated heterocycles. The van der Waals surface area contributed by atoms with Crippen molar-refractivity contribution in [3.05, 3.63) is 89.0 Å². The summed E-state index contributed by atoms with van der Waals surface area (Å²) in [6.45, 7) is 3.05. The van der Waals surface area contributed by atoms with Crippen molar-refractivity contribution < 1.29 is 33.7 Å². The maximum absolute atomic E-state index is 13.4. The molecule has 1 amide bonds. The average Bonchev–Trinajstić information content (AvgIpc) is 3.13. The van der Waals surface area contributed by atoms with E-state index in [1.165, 1.54) is 26.0 Å². The number of aliphatic hydroxyl groups is 1. The molecule has 1 atom stereocenters. The fourth-order valence-electron chi connectivity index (χ4n) is 4.25. The number of nitrogens with zero attached hydrogens (tertiary/aromatic N) is 1. The van der Waals surface area contributed by atoms with Gasteiger partial charge in [-0.25, -0.2) is 0 Å². The van der Waals surface area contributed by atoms with Crippen LogP contribution >= 0.6 is 0 Å². The Morgan fingerprint density at radius 1 is 0.889 bits per heavy atom. The third-order valence-corrected chi connectivity index (χ3v) is 5.92. The lowest BCUT2D eigenvalue weighted by atomic mass is 9.93. The number of hydrogen-bond acceptors (Lipinski definition) is 7. The summed E-state index contributed by atoms with van der Waals surface area (Å²) in [5.74, 6) is -1.03. The van der Waals surface area contributed by atoms with Crippen LogP contribution in [0.4, 0.5) is 5.69 Å². The first-order valence-electron chi connectivity index (χ1n) is 11.1. The molecule has 184 valence electrons. The Hall–Kier alpha value is -4.59. The SMILES string of the molecule is COc1ccc(N2C(=O)C(=O)/C(=C(/O)c3ccc(OC)cc3C)C2c2cccc(OC(C)=O)c2)cc1. The van der Waals surface area contributed by atoms with E-state index >= 15 is 0 Å². The van der Waals surface area contributed by atoms with Crippen molar-refractivity contribution in [2.75, 3.05) is 19.1 Å². The van der Waals surface area contributed by atoms with Gasteiger partial charge in [0.15, 0.2) is 0 Å². The number of carbonyl (C=O) groups excluding carboxylic acids is 3. The molecule has 1 heterocycles. The van der Waals surface area contributed by atoms with Crippen molar-refractivity contribution in [3.63, 3.8) is 0 Å². The molecule has 0 spiro atoms. The minimum Gasteiger partial charge on any atom is -0.507 e. The van der Waals surface area contributed by atoms with Crippen LogP contribution in [0.15, 0.2) is 72.3 Å². The van der Waals surface area contributed by atoms with E-state index in [9.17, 15) is 19.5 Å². The number of carbonyl (C=O) groups is 3. The van der Waals surface area contributed by atoms with Crippen LogP contribution in [0.2, 0.25) is 0 Å². The summed E-state index contributed by atoms with van der Waals surface area (Å²) in [5.41, 5.74) is 1.89. The van der Waals surface area contributed by atoms with Gasteiger partial charge in [0.2, 0.25) is 0 Å². The molecular weight excluding hydrogens is 462 g/mol. The van der Waals surface area contributed by atoms with Crippen LogP contribution in [-0.2, 0) is 14.4 Å². The molecule has 8 nitrogen and oxygen atoms in total. The molecule has 1 N–H and O–H groups in total. The lowest BCUT2D eigenvalue weighted by Crippen LogP contribution is -2.29. The Morgan fingerprint density at radius 3 is 2.17 bits per heavy atom. The number of ether oxygens (including phenoxy) is 3. The summed E-state index contributed by atoms with van der Waals surface area (Å²) < 4.78 is 15.7. The fourth-order valence-corrected chi connectivity index (χ4v) is 4.25. The van der Waals surface area contributed by atoms with Gasteiger partial charge in [-0.05, 0) is 72.6 Å². The van der Waals surface area contributed by atoms with Gasteiger partial charge in [-0.1, -0.05) is 12.1 Å². The standard InChI is InChI=1S/C28H25NO7/c1-16-14-21(35-4)12-13-23(16)26(31)24-25(18-6-5-7-22(15-18)36-17(2)30)29(28(33)27(24)32)19-8-10-20(34-3)11-9-19/h5-15,25,31H,1-4H3/b26-24+. The molecule has 1 unspecified atom stereocenters. The fraction of sp³-hybridized carbons (Fsp3) is 0.179. The molecule has 3 aromatic rings. The Balaban J connectivity index is 1.93. The summed E-state index contributed by atoms with van der Waals surface area (Å²) in [6.07, 6.45) is 0. The lowest BCUT2D eigenvalue weighted by molar-refractivity contribution is -0.132. The van der Waals surface area contributed by atoms with E-state index in [2.05, 4.69) is 0 Å². The van der Waals surface area contributed by atoms with Crippen molar-refractivity contribution in [1.82, 2.24) is 0 Å². The summed E-state index contributed by atoms with van der Waals surface area (Å²) in [4.78, 5) is 39.5.